The van der Waals surface area contributed by atoms with Crippen LogP contribution in [0.4, 0.5) is 0 Å². The Kier molecular flexibility index (Phi) is 3.89. The predicted octanol–water partition coefficient (Wildman–Crippen LogP) is 2.48. The van der Waals surface area contributed by atoms with Gasteiger partial charge in [0.1, 0.15) is 11.5 Å². The fourth-order valence-electron chi connectivity index (χ4n) is 2.52. The Morgan fingerprint density at radius 3 is 2.53 bits per heavy atom. The maximum Gasteiger partial charge on any atom is 0.126 e. The van der Waals surface area contributed by atoms with Gasteiger partial charge in [-0.3, -0.25) is 0 Å². The van der Waals surface area contributed by atoms with Crippen molar-refractivity contribution < 1.29 is 9.47 Å². The molecule has 1 saturated heterocycles. The van der Waals surface area contributed by atoms with Crippen molar-refractivity contribution >= 4 is 0 Å². The molecule has 1 aromatic carbocycles. The van der Waals surface area contributed by atoms with E-state index in [1.54, 1.807) is 14.2 Å². The Labute approximate surface area is 103 Å². The zero-order chi connectivity index (χ0) is 12.3. The quantitative estimate of drug-likeness (QED) is 0.873. The van der Waals surface area contributed by atoms with Gasteiger partial charge >= 0.3 is 0 Å². The number of benzene rings is 1. The average molecular weight is 235 g/mol. The smallest absolute Gasteiger partial charge is 0.126 e. The molecule has 0 aromatic heterocycles. The van der Waals surface area contributed by atoms with Crippen molar-refractivity contribution in [2.75, 3.05) is 27.3 Å². The van der Waals surface area contributed by atoms with E-state index in [0.717, 1.165) is 24.6 Å². The third-order valence-electron chi connectivity index (χ3n) is 3.48. The zero-order valence-electron chi connectivity index (χ0n) is 10.9. The summed E-state index contributed by atoms with van der Waals surface area (Å²) >= 11 is 0. The van der Waals surface area contributed by atoms with Gasteiger partial charge in [0.2, 0.25) is 0 Å². The molecule has 0 aliphatic carbocycles. The first-order chi connectivity index (χ1) is 8.26. The maximum absolute atomic E-state index is 5.49. The van der Waals surface area contributed by atoms with Crippen LogP contribution in [0.2, 0.25) is 0 Å². The summed E-state index contributed by atoms with van der Waals surface area (Å²) in [4.78, 5) is 0. The molecule has 1 N–H and O–H groups in total. The van der Waals surface area contributed by atoms with Crippen molar-refractivity contribution in [2.45, 2.75) is 25.7 Å². The van der Waals surface area contributed by atoms with E-state index in [2.05, 4.69) is 18.3 Å². The van der Waals surface area contributed by atoms with Gasteiger partial charge in [-0.05, 0) is 43.5 Å². The van der Waals surface area contributed by atoms with E-state index in [1.165, 1.54) is 24.0 Å². The standard InChI is InChI=1S/C14H21NO2/c1-10-7-12(11-5-4-6-15-9-11)14(17-3)8-13(10)16-2/h7-8,11,15H,4-6,9H2,1-3H3. The fraction of sp³-hybridized carbons (Fsp3) is 0.571. The molecule has 3 heteroatoms. The van der Waals surface area contributed by atoms with E-state index in [4.69, 9.17) is 9.47 Å². The van der Waals surface area contributed by atoms with Crippen LogP contribution in [0.15, 0.2) is 12.1 Å². The number of nitrogens with one attached hydrogen (secondary N) is 1. The van der Waals surface area contributed by atoms with Crippen molar-refractivity contribution in [2.24, 2.45) is 0 Å². The molecule has 0 amide bonds. The fourth-order valence-corrected chi connectivity index (χ4v) is 2.52. The Balaban J connectivity index is 2.34. The molecule has 0 spiro atoms. The highest BCUT2D eigenvalue weighted by molar-refractivity contribution is 5.47. The molecule has 0 radical (unpaired) electrons. The third kappa shape index (κ3) is 2.55. The maximum atomic E-state index is 5.49. The van der Waals surface area contributed by atoms with E-state index in [1.807, 2.05) is 6.07 Å². The molecule has 2 rings (SSSR count). The highest BCUT2D eigenvalue weighted by atomic mass is 16.5. The number of methoxy groups -OCH3 is 2. The van der Waals surface area contributed by atoms with Crippen LogP contribution in [-0.4, -0.2) is 27.3 Å². The van der Waals surface area contributed by atoms with E-state index in [-0.39, 0.29) is 0 Å². The lowest BCUT2D eigenvalue weighted by atomic mass is 9.90. The number of aryl methyl sites for hydroxylation is 1. The van der Waals surface area contributed by atoms with Crippen molar-refractivity contribution in [3.63, 3.8) is 0 Å². The summed E-state index contributed by atoms with van der Waals surface area (Å²) < 4.78 is 10.8. The second-order valence-corrected chi connectivity index (χ2v) is 4.61. The third-order valence-corrected chi connectivity index (χ3v) is 3.48. The van der Waals surface area contributed by atoms with Crippen molar-refractivity contribution in [1.29, 1.82) is 0 Å². The van der Waals surface area contributed by atoms with E-state index >= 15 is 0 Å². The van der Waals surface area contributed by atoms with E-state index in [0.29, 0.717) is 5.92 Å². The first-order valence-electron chi connectivity index (χ1n) is 6.19. The van der Waals surface area contributed by atoms with Crippen LogP contribution in [0.3, 0.4) is 0 Å². The first kappa shape index (κ1) is 12.2. The van der Waals surface area contributed by atoms with Crippen LogP contribution in [0, 0.1) is 6.92 Å². The number of hydrogen-bond donors (Lipinski definition) is 1. The van der Waals surface area contributed by atoms with Crippen LogP contribution < -0.4 is 14.8 Å². The summed E-state index contributed by atoms with van der Waals surface area (Å²) in [5, 5.41) is 3.45. The number of ether oxygens (including phenoxy) is 2. The molecule has 3 nitrogen and oxygen atoms in total. The Morgan fingerprint density at radius 2 is 1.94 bits per heavy atom. The molecule has 1 aliphatic rings. The van der Waals surface area contributed by atoms with Gasteiger partial charge in [0.25, 0.3) is 0 Å². The summed E-state index contributed by atoms with van der Waals surface area (Å²) in [6.07, 6.45) is 2.47. The van der Waals surface area contributed by atoms with Gasteiger partial charge in [-0.2, -0.15) is 0 Å². The van der Waals surface area contributed by atoms with Crippen molar-refractivity contribution in [3.8, 4) is 11.5 Å². The summed E-state index contributed by atoms with van der Waals surface area (Å²) in [5.74, 6) is 2.40. The molecule has 0 saturated carbocycles. The van der Waals surface area contributed by atoms with Gasteiger partial charge in [-0.1, -0.05) is 0 Å². The second-order valence-electron chi connectivity index (χ2n) is 4.61. The molecular weight excluding hydrogens is 214 g/mol. The lowest BCUT2D eigenvalue weighted by molar-refractivity contribution is 0.378. The number of hydrogen-bond acceptors (Lipinski definition) is 3. The zero-order valence-corrected chi connectivity index (χ0v) is 10.9. The molecule has 1 unspecified atom stereocenters. The largest absolute Gasteiger partial charge is 0.496 e. The van der Waals surface area contributed by atoms with E-state index in [9.17, 15) is 0 Å². The first-order valence-corrected chi connectivity index (χ1v) is 6.19. The number of rotatable bonds is 3. The van der Waals surface area contributed by atoms with E-state index < -0.39 is 0 Å². The lowest BCUT2D eigenvalue weighted by Crippen LogP contribution is -2.28. The number of piperidine rings is 1. The van der Waals surface area contributed by atoms with Crippen molar-refractivity contribution in [1.82, 2.24) is 5.32 Å². The molecule has 1 aromatic rings. The van der Waals surface area contributed by atoms with Gasteiger partial charge in [-0.25, -0.2) is 0 Å². The van der Waals surface area contributed by atoms with Gasteiger partial charge < -0.3 is 14.8 Å². The van der Waals surface area contributed by atoms with Crippen LogP contribution in [0.25, 0.3) is 0 Å². The van der Waals surface area contributed by atoms with Crippen LogP contribution >= 0.6 is 0 Å². The Bertz CT molecular complexity index is 384. The predicted molar refractivity (Wildman–Crippen MR) is 69.1 cm³/mol. The SMILES string of the molecule is COc1cc(OC)c(C2CCCNC2)cc1C. The monoisotopic (exact) mass is 235 g/mol. The van der Waals surface area contributed by atoms with Crippen LogP contribution in [0.1, 0.15) is 29.9 Å². The topological polar surface area (TPSA) is 30.5 Å². The lowest BCUT2D eigenvalue weighted by Gasteiger charge is -2.25. The van der Waals surface area contributed by atoms with Crippen molar-refractivity contribution in [3.05, 3.63) is 23.3 Å². The summed E-state index contributed by atoms with van der Waals surface area (Å²) in [5.41, 5.74) is 2.48. The minimum atomic E-state index is 0.559. The van der Waals surface area contributed by atoms with Gasteiger partial charge in [-0.15, -0.1) is 0 Å². The summed E-state index contributed by atoms with van der Waals surface area (Å²) in [7, 11) is 3.42. The highest BCUT2D eigenvalue weighted by Gasteiger charge is 2.20. The molecule has 1 fully saturated rings. The molecule has 1 heterocycles. The second kappa shape index (κ2) is 5.41. The molecular formula is C14H21NO2. The molecule has 17 heavy (non-hydrogen) atoms. The van der Waals surface area contributed by atoms with Gasteiger partial charge in [0, 0.05) is 18.5 Å². The molecule has 94 valence electrons. The van der Waals surface area contributed by atoms with Gasteiger partial charge in [0.15, 0.2) is 0 Å². The minimum Gasteiger partial charge on any atom is -0.496 e. The average Bonchev–Trinajstić information content (AvgIpc) is 2.39. The molecule has 1 aliphatic heterocycles. The minimum absolute atomic E-state index is 0.559. The Hall–Kier alpha value is -1.22. The highest BCUT2D eigenvalue weighted by Crippen LogP contribution is 2.35. The van der Waals surface area contributed by atoms with Gasteiger partial charge in [0.05, 0.1) is 14.2 Å². The summed E-state index contributed by atoms with van der Waals surface area (Å²) in [6, 6.07) is 4.20. The summed E-state index contributed by atoms with van der Waals surface area (Å²) in [6.45, 7) is 4.26. The van der Waals surface area contributed by atoms with Crippen LogP contribution in [-0.2, 0) is 0 Å². The Morgan fingerprint density at radius 1 is 1.18 bits per heavy atom. The van der Waals surface area contributed by atoms with Crippen LogP contribution in [0.5, 0.6) is 11.5 Å². The normalized spacial score (nSPS) is 20.1. The molecule has 1 atom stereocenters. The molecule has 0 bridgehead atoms.